The summed E-state index contributed by atoms with van der Waals surface area (Å²) in [5.74, 6) is 1.56. The van der Waals surface area contributed by atoms with E-state index in [1.54, 1.807) is 0 Å². The topological polar surface area (TPSA) is 46.3 Å². The van der Waals surface area contributed by atoms with E-state index in [1.807, 2.05) is 18.7 Å². The largest absolute Gasteiger partial charge is 0.392 e. The van der Waals surface area contributed by atoms with Crippen LogP contribution in [0.25, 0.3) is 0 Å². The van der Waals surface area contributed by atoms with Crippen LogP contribution >= 0.6 is 12.2 Å². The standard InChI is InChI=1S/C14H26N2OS/c1-5-14(4,12(15)18)13(17)16-8-6-11(7-9-16)10(2)3/h10-11H,5-9H2,1-4H3,(H2,15,18). The number of carbonyl (C=O) groups is 1. The molecule has 1 aliphatic rings. The molecule has 0 radical (unpaired) electrons. The van der Waals surface area contributed by atoms with Gasteiger partial charge < -0.3 is 10.6 Å². The highest BCUT2D eigenvalue weighted by Crippen LogP contribution is 2.30. The van der Waals surface area contributed by atoms with Gasteiger partial charge in [-0.3, -0.25) is 4.79 Å². The average molecular weight is 270 g/mol. The normalized spacial score (nSPS) is 20.8. The second kappa shape index (κ2) is 6.00. The Labute approximate surface area is 116 Å². The quantitative estimate of drug-likeness (QED) is 0.799. The molecule has 0 aromatic heterocycles. The predicted molar refractivity (Wildman–Crippen MR) is 79.3 cm³/mol. The van der Waals surface area contributed by atoms with Gasteiger partial charge >= 0.3 is 0 Å². The van der Waals surface area contributed by atoms with Gasteiger partial charge in [0, 0.05) is 13.1 Å². The first kappa shape index (κ1) is 15.4. The fourth-order valence-electron chi connectivity index (χ4n) is 2.55. The summed E-state index contributed by atoms with van der Waals surface area (Å²) in [4.78, 5) is 14.8. The first-order chi connectivity index (χ1) is 8.32. The lowest BCUT2D eigenvalue weighted by atomic mass is 9.82. The molecule has 104 valence electrons. The average Bonchev–Trinajstić information content (AvgIpc) is 2.36. The summed E-state index contributed by atoms with van der Waals surface area (Å²) >= 11 is 5.07. The Morgan fingerprint density at radius 3 is 2.28 bits per heavy atom. The van der Waals surface area contributed by atoms with Crippen LogP contribution in [0.5, 0.6) is 0 Å². The molecule has 0 aromatic rings. The number of nitrogens with two attached hydrogens (primary N) is 1. The second-order valence-electron chi connectivity index (χ2n) is 5.92. The Kier molecular flexibility index (Phi) is 5.14. The number of likely N-dealkylation sites (tertiary alicyclic amines) is 1. The van der Waals surface area contributed by atoms with Crippen LogP contribution in [0.4, 0.5) is 0 Å². The molecule has 1 amide bonds. The third-order valence-electron chi connectivity index (χ3n) is 4.49. The van der Waals surface area contributed by atoms with Gasteiger partial charge in [-0.15, -0.1) is 0 Å². The van der Waals surface area contributed by atoms with E-state index >= 15 is 0 Å². The van der Waals surface area contributed by atoms with Gasteiger partial charge in [0.15, 0.2) is 0 Å². The Hall–Kier alpha value is -0.640. The second-order valence-corrected chi connectivity index (χ2v) is 6.36. The molecule has 0 saturated carbocycles. The Bertz CT molecular complexity index is 322. The maximum Gasteiger partial charge on any atom is 0.235 e. The maximum absolute atomic E-state index is 12.5. The summed E-state index contributed by atoms with van der Waals surface area (Å²) in [5.41, 5.74) is 5.08. The molecular weight excluding hydrogens is 244 g/mol. The van der Waals surface area contributed by atoms with Crippen molar-refractivity contribution in [3.05, 3.63) is 0 Å². The van der Waals surface area contributed by atoms with Gasteiger partial charge in [-0.05, 0) is 38.0 Å². The van der Waals surface area contributed by atoms with Crippen LogP contribution in [-0.4, -0.2) is 28.9 Å². The van der Waals surface area contributed by atoms with E-state index < -0.39 is 5.41 Å². The van der Waals surface area contributed by atoms with E-state index in [1.165, 1.54) is 0 Å². The fourth-order valence-corrected chi connectivity index (χ4v) is 2.78. The van der Waals surface area contributed by atoms with Crippen molar-refractivity contribution in [2.24, 2.45) is 23.0 Å². The molecule has 1 rings (SSSR count). The van der Waals surface area contributed by atoms with Gasteiger partial charge in [0.25, 0.3) is 0 Å². The number of hydrogen-bond acceptors (Lipinski definition) is 2. The van der Waals surface area contributed by atoms with Crippen LogP contribution in [0.3, 0.4) is 0 Å². The van der Waals surface area contributed by atoms with E-state index in [9.17, 15) is 4.79 Å². The summed E-state index contributed by atoms with van der Waals surface area (Å²) in [6, 6.07) is 0. The lowest BCUT2D eigenvalue weighted by molar-refractivity contribution is -0.139. The third-order valence-corrected chi connectivity index (χ3v) is 4.94. The molecule has 1 aliphatic heterocycles. The van der Waals surface area contributed by atoms with Crippen molar-refractivity contribution in [3.63, 3.8) is 0 Å². The Morgan fingerprint density at radius 2 is 1.94 bits per heavy atom. The molecule has 0 aromatic carbocycles. The number of amides is 1. The summed E-state index contributed by atoms with van der Waals surface area (Å²) in [6.07, 6.45) is 2.87. The van der Waals surface area contributed by atoms with Crippen molar-refractivity contribution < 1.29 is 4.79 Å². The highest BCUT2D eigenvalue weighted by Gasteiger charge is 2.39. The predicted octanol–water partition coefficient (Wildman–Crippen LogP) is 2.58. The van der Waals surface area contributed by atoms with Crippen molar-refractivity contribution in [1.29, 1.82) is 0 Å². The molecule has 0 aliphatic carbocycles. The monoisotopic (exact) mass is 270 g/mol. The van der Waals surface area contributed by atoms with Gasteiger partial charge in [0.05, 0.1) is 10.4 Å². The van der Waals surface area contributed by atoms with Gasteiger partial charge in [-0.1, -0.05) is 33.0 Å². The molecular formula is C14H26N2OS. The van der Waals surface area contributed by atoms with Gasteiger partial charge in [0.1, 0.15) is 0 Å². The summed E-state index contributed by atoms with van der Waals surface area (Å²) in [6.45, 7) is 10.0. The lowest BCUT2D eigenvalue weighted by Gasteiger charge is -2.38. The minimum absolute atomic E-state index is 0.111. The van der Waals surface area contributed by atoms with Crippen molar-refractivity contribution in [2.75, 3.05) is 13.1 Å². The van der Waals surface area contributed by atoms with Gasteiger partial charge in [-0.2, -0.15) is 0 Å². The van der Waals surface area contributed by atoms with E-state index in [0.717, 1.165) is 31.8 Å². The van der Waals surface area contributed by atoms with Crippen molar-refractivity contribution in [3.8, 4) is 0 Å². The minimum Gasteiger partial charge on any atom is -0.392 e. The van der Waals surface area contributed by atoms with Crippen LogP contribution in [0, 0.1) is 17.3 Å². The molecule has 1 atom stereocenters. The molecule has 1 unspecified atom stereocenters. The summed E-state index contributed by atoms with van der Waals surface area (Å²) in [7, 11) is 0. The zero-order chi connectivity index (χ0) is 13.9. The SMILES string of the molecule is CCC(C)(C(=O)N1CCC(C(C)C)CC1)C(N)=S. The Balaban J connectivity index is 2.67. The van der Waals surface area contributed by atoms with Gasteiger partial charge in [0.2, 0.25) is 5.91 Å². The molecule has 18 heavy (non-hydrogen) atoms. The van der Waals surface area contributed by atoms with Crippen molar-refractivity contribution in [1.82, 2.24) is 4.90 Å². The van der Waals surface area contributed by atoms with E-state index in [2.05, 4.69) is 13.8 Å². The number of nitrogens with zero attached hydrogens (tertiary/aromatic N) is 1. The maximum atomic E-state index is 12.5. The van der Waals surface area contributed by atoms with Crippen molar-refractivity contribution in [2.45, 2.75) is 47.0 Å². The van der Waals surface area contributed by atoms with E-state index in [4.69, 9.17) is 18.0 Å². The zero-order valence-corrected chi connectivity index (χ0v) is 12.8. The molecule has 1 saturated heterocycles. The number of carbonyl (C=O) groups excluding carboxylic acids is 1. The molecule has 0 spiro atoms. The van der Waals surface area contributed by atoms with Crippen LogP contribution in [0.2, 0.25) is 0 Å². The molecule has 4 heteroatoms. The molecule has 3 nitrogen and oxygen atoms in total. The molecule has 1 fully saturated rings. The van der Waals surface area contributed by atoms with Crippen LogP contribution in [-0.2, 0) is 4.79 Å². The third kappa shape index (κ3) is 3.02. The van der Waals surface area contributed by atoms with E-state index in [-0.39, 0.29) is 5.91 Å². The smallest absolute Gasteiger partial charge is 0.235 e. The molecule has 1 heterocycles. The van der Waals surface area contributed by atoms with Crippen LogP contribution < -0.4 is 5.73 Å². The zero-order valence-electron chi connectivity index (χ0n) is 12.0. The number of rotatable bonds is 4. The van der Waals surface area contributed by atoms with Crippen molar-refractivity contribution >= 4 is 23.1 Å². The van der Waals surface area contributed by atoms with Gasteiger partial charge in [-0.25, -0.2) is 0 Å². The first-order valence-corrected chi connectivity index (χ1v) is 7.33. The van der Waals surface area contributed by atoms with Crippen LogP contribution in [0.15, 0.2) is 0 Å². The highest BCUT2D eigenvalue weighted by molar-refractivity contribution is 7.80. The minimum atomic E-state index is -0.667. The number of thiocarbonyl (C=S) groups is 1. The highest BCUT2D eigenvalue weighted by atomic mass is 32.1. The summed E-state index contributed by atoms with van der Waals surface area (Å²) in [5, 5.41) is 0. The number of piperidine rings is 1. The molecule has 0 bridgehead atoms. The Morgan fingerprint density at radius 1 is 1.44 bits per heavy atom. The number of hydrogen-bond donors (Lipinski definition) is 1. The van der Waals surface area contributed by atoms with E-state index in [0.29, 0.717) is 17.3 Å². The lowest BCUT2D eigenvalue weighted by Crippen LogP contribution is -2.51. The van der Waals surface area contributed by atoms with Crippen LogP contribution in [0.1, 0.15) is 47.0 Å². The first-order valence-electron chi connectivity index (χ1n) is 6.92. The summed E-state index contributed by atoms with van der Waals surface area (Å²) < 4.78 is 0. The fraction of sp³-hybridized carbons (Fsp3) is 0.857. The molecule has 2 N–H and O–H groups in total.